The third-order valence-corrected chi connectivity index (χ3v) is 4.58. The molecule has 0 fully saturated rings. The molecule has 0 aromatic heterocycles. The standard InChI is InChI=1S/C22H42O3/c1-20(2)17-15-13-11-9-7-5-4-6-8-10-12-14-16-18-25-22(24)19-21(3)23/h20H,4-19H2,1-3H3. The van der Waals surface area contributed by atoms with E-state index in [-0.39, 0.29) is 18.2 Å². The van der Waals surface area contributed by atoms with Crippen LogP contribution in [-0.2, 0) is 14.3 Å². The highest BCUT2D eigenvalue weighted by Gasteiger charge is 2.05. The molecule has 3 nitrogen and oxygen atoms in total. The van der Waals surface area contributed by atoms with Crippen molar-refractivity contribution in [3.8, 4) is 0 Å². The highest BCUT2D eigenvalue weighted by atomic mass is 16.5. The number of Topliss-reactive ketones (excluding diaryl/α,β-unsaturated/α-hetero) is 1. The summed E-state index contributed by atoms with van der Waals surface area (Å²) in [5, 5.41) is 0. The summed E-state index contributed by atoms with van der Waals surface area (Å²) in [4.78, 5) is 21.9. The van der Waals surface area contributed by atoms with Gasteiger partial charge in [0, 0.05) is 0 Å². The first-order chi connectivity index (χ1) is 12.0. The summed E-state index contributed by atoms with van der Waals surface area (Å²) in [6.07, 6.45) is 18.4. The number of carbonyl (C=O) groups excluding carboxylic acids is 2. The van der Waals surface area contributed by atoms with Crippen LogP contribution >= 0.6 is 0 Å². The lowest BCUT2D eigenvalue weighted by molar-refractivity contribution is -0.145. The molecule has 0 saturated carbocycles. The quantitative estimate of drug-likeness (QED) is 0.158. The molecule has 25 heavy (non-hydrogen) atoms. The molecule has 0 aliphatic carbocycles. The van der Waals surface area contributed by atoms with Crippen molar-refractivity contribution in [2.75, 3.05) is 6.61 Å². The molecule has 0 unspecified atom stereocenters. The van der Waals surface area contributed by atoms with Gasteiger partial charge in [0.2, 0.25) is 0 Å². The van der Waals surface area contributed by atoms with Crippen LogP contribution in [0.25, 0.3) is 0 Å². The number of hydrogen-bond acceptors (Lipinski definition) is 3. The van der Waals surface area contributed by atoms with E-state index in [1.165, 1.54) is 84.0 Å². The summed E-state index contributed by atoms with van der Waals surface area (Å²) < 4.78 is 5.01. The molecule has 0 N–H and O–H groups in total. The van der Waals surface area contributed by atoms with Crippen LogP contribution in [0.2, 0.25) is 0 Å². The Morgan fingerprint density at radius 1 is 0.680 bits per heavy atom. The van der Waals surface area contributed by atoms with Crippen LogP contribution in [-0.4, -0.2) is 18.4 Å². The maximum Gasteiger partial charge on any atom is 0.313 e. The van der Waals surface area contributed by atoms with Crippen molar-refractivity contribution in [3.63, 3.8) is 0 Å². The third kappa shape index (κ3) is 21.1. The van der Waals surface area contributed by atoms with Crippen molar-refractivity contribution in [3.05, 3.63) is 0 Å². The SMILES string of the molecule is CC(=O)CC(=O)OCCCCCCCCCCCCCCCC(C)C. The Morgan fingerprint density at radius 2 is 1.08 bits per heavy atom. The van der Waals surface area contributed by atoms with Gasteiger partial charge < -0.3 is 4.74 Å². The maximum atomic E-state index is 11.2. The van der Waals surface area contributed by atoms with E-state index in [1.54, 1.807) is 0 Å². The molecule has 0 aliphatic heterocycles. The van der Waals surface area contributed by atoms with Crippen LogP contribution in [0.1, 0.15) is 117 Å². The Labute approximate surface area is 156 Å². The fourth-order valence-electron chi connectivity index (χ4n) is 3.04. The monoisotopic (exact) mass is 354 g/mol. The Morgan fingerprint density at radius 3 is 1.48 bits per heavy atom. The zero-order valence-corrected chi connectivity index (χ0v) is 17.1. The van der Waals surface area contributed by atoms with Gasteiger partial charge in [-0.15, -0.1) is 0 Å². The lowest BCUT2D eigenvalue weighted by Gasteiger charge is -2.05. The van der Waals surface area contributed by atoms with Crippen molar-refractivity contribution in [2.45, 2.75) is 117 Å². The van der Waals surface area contributed by atoms with E-state index in [4.69, 9.17) is 4.74 Å². The van der Waals surface area contributed by atoms with E-state index in [2.05, 4.69) is 13.8 Å². The van der Waals surface area contributed by atoms with E-state index in [0.29, 0.717) is 6.61 Å². The molecular formula is C22H42O3. The largest absolute Gasteiger partial charge is 0.465 e. The first-order valence-corrected chi connectivity index (χ1v) is 10.7. The molecule has 0 rings (SSSR count). The molecule has 0 bridgehead atoms. The van der Waals surface area contributed by atoms with Crippen molar-refractivity contribution in [1.82, 2.24) is 0 Å². The van der Waals surface area contributed by atoms with Crippen LogP contribution in [0.5, 0.6) is 0 Å². The van der Waals surface area contributed by atoms with Gasteiger partial charge in [0.25, 0.3) is 0 Å². The highest BCUT2D eigenvalue weighted by molar-refractivity contribution is 5.94. The minimum Gasteiger partial charge on any atom is -0.465 e. The molecule has 0 spiro atoms. The van der Waals surface area contributed by atoms with Gasteiger partial charge in [-0.3, -0.25) is 9.59 Å². The molecule has 148 valence electrons. The van der Waals surface area contributed by atoms with Crippen LogP contribution in [0.4, 0.5) is 0 Å². The number of esters is 1. The molecule has 0 saturated heterocycles. The van der Waals surface area contributed by atoms with E-state index < -0.39 is 0 Å². The molecule has 0 atom stereocenters. The van der Waals surface area contributed by atoms with Gasteiger partial charge in [0.05, 0.1) is 6.61 Å². The second kappa shape index (κ2) is 17.9. The minimum absolute atomic E-state index is 0.0854. The number of ketones is 1. The number of ether oxygens (including phenoxy) is 1. The van der Waals surface area contributed by atoms with E-state index in [9.17, 15) is 9.59 Å². The summed E-state index contributed by atoms with van der Waals surface area (Å²) in [7, 11) is 0. The first kappa shape index (κ1) is 24.1. The average molecular weight is 355 g/mol. The predicted molar refractivity (Wildman–Crippen MR) is 106 cm³/mol. The summed E-state index contributed by atoms with van der Waals surface area (Å²) in [5.41, 5.74) is 0. The number of hydrogen-bond donors (Lipinski definition) is 0. The van der Waals surface area contributed by atoms with Gasteiger partial charge in [-0.2, -0.15) is 0 Å². The summed E-state index contributed by atoms with van der Waals surface area (Å²) >= 11 is 0. The number of rotatable bonds is 18. The molecular weight excluding hydrogens is 312 g/mol. The van der Waals surface area contributed by atoms with Crippen molar-refractivity contribution >= 4 is 11.8 Å². The lowest BCUT2D eigenvalue weighted by atomic mass is 10.0. The van der Waals surface area contributed by atoms with Crippen molar-refractivity contribution < 1.29 is 14.3 Å². The topological polar surface area (TPSA) is 43.4 Å². The Balaban J connectivity index is 3.09. The second-order valence-electron chi connectivity index (χ2n) is 7.88. The highest BCUT2D eigenvalue weighted by Crippen LogP contribution is 2.14. The molecule has 0 aromatic carbocycles. The first-order valence-electron chi connectivity index (χ1n) is 10.7. The zero-order valence-electron chi connectivity index (χ0n) is 17.1. The van der Waals surface area contributed by atoms with Crippen LogP contribution in [0.3, 0.4) is 0 Å². The van der Waals surface area contributed by atoms with Crippen LogP contribution in [0.15, 0.2) is 0 Å². The van der Waals surface area contributed by atoms with E-state index >= 15 is 0 Å². The second-order valence-corrected chi connectivity index (χ2v) is 7.88. The van der Waals surface area contributed by atoms with Crippen LogP contribution in [0, 0.1) is 5.92 Å². The Kier molecular flexibility index (Phi) is 17.3. The molecule has 0 radical (unpaired) electrons. The fraction of sp³-hybridized carbons (Fsp3) is 0.909. The van der Waals surface area contributed by atoms with Gasteiger partial charge in [0.15, 0.2) is 0 Å². The third-order valence-electron chi connectivity index (χ3n) is 4.58. The van der Waals surface area contributed by atoms with Gasteiger partial charge in [-0.1, -0.05) is 97.3 Å². The summed E-state index contributed by atoms with van der Waals surface area (Å²) in [6, 6.07) is 0. The van der Waals surface area contributed by atoms with E-state index in [1.807, 2.05) is 0 Å². The molecule has 0 aromatic rings. The smallest absolute Gasteiger partial charge is 0.313 e. The van der Waals surface area contributed by atoms with Gasteiger partial charge in [0.1, 0.15) is 12.2 Å². The number of carbonyl (C=O) groups is 2. The van der Waals surface area contributed by atoms with Gasteiger partial charge in [-0.25, -0.2) is 0 Å². The fourth-order valence-corrected chi connectivity index (χ4v) is 3.04. The molecule has 3 heteroatoms. The summed E-state index contributed by atoms with van der Waals surface area (Å²) in [5.74, 6) is 0.352. The minimum atomic E-state index is -0.382. The lowest BCUT2D eigenvalue weighted by Crippen LogP contribution is -2.09. The van der Waals surface area contributed by atoms with E-state index in [0.717, 1.165) is 18.8 Å². The number of unbranched alkanes of at least 4 members (excludes halogenated alkanes) is 12. The summed E-state index contributed by atoms with van der Waals surface area (Å²) in [6.45, 7) is 6.50. The maximum absolute atomic E-state index is 11.2. The Bertz CT molecular complexity index is 323. The Hall–Kier alpha value is -0.860. The average Bonchev–Trinajstić information content (AvgIpc) is 2.53. The van der Waals surface area contributed by atoms with Crippen LogP contribution < -0.4 is 0 Å². The zero-order chi connectivity index (χ0) is 18.8. The van der Waals surface area contributed by atoms with Gasteiger partial charge in [-0.05, 0) is 19.3 Å². The van der Waals surface area contributed by atoms with Crippen molar-refractivity contribution in [1.29, 1.82) is 0 Å². The predicted octanol–water partition coefficient (Wildman–Crippen LogP) is 6.63. The molecule has 0 heterocycles. The normalized spacial score (nSPS) is 11.0. The van der Waals surface area contributed by atoms with Crippen molar-refractivity contribution in [2.24, 2.45) is 5.92 Å². The molecule has 0 amide bonds. The molecule has 0 aliphatic rings. The van der Waals surface area contributed by atoms with Gasteiger partial charge >= 0.3 is 5.97 Å².